The number of fused-ring (bicyclic) bond motifs is 6. The minimum atomic E-state index is -0.238. The summed E-state index contributed by atoms with van der Waals surface area (Å²) < 4.78 is 11.9. The number of thiophene rings is 1. The number of nitrogens with two attached hydrogens (primary N) is 12. The number of carbonyl (C=O) groups is 1. The van der Waals surface area contributed by atoms with Crippen molar-refractivity contribution in [2.75, 3.05) is 11.4 Å². The van der Waals surface area contributed by atoms with Crippen molar-refractivity contribution in [1.29, 1.82) is 0 Å². The average Bonchev–Trinajstić information content (AvgIpc) is 1.90. The van der Waals surface area contributed by atoms with E-state index < -0.39 is 0 Å². The molecular weight excluding hydrogens is 1920 g/mol. The molecule has 128 heavy (non-hydrogen) atoms. The third-order valence-corrected chi connectivity index (χ3v) is 21.2. The van der Waals surface area contributed by atoms with E-state index in [4.69, 9.17) is 143 Å². The molecule has 1 aliphatic heterocycles. The van der Waals surface area contributed by atoms with Crippen LogP contribution in [-0.2, 0) is 4.79 Å². The number of hydrogen-bond acceptors (Lipinski definition) is 23. The normalized spacial score (nSPS) is 11.5. The smallest absolute Gasteiger partial charge is 0.256 e. The molecule has 18 rings (SSSR count). The van der Waals surface area contributed by atoms with E-state index in [1.165, 1.54) is 10.6 Å². The molecule has 24 N–H and O–H groups in total. The molecule has 12 heterocycles. The molecule has 47 heteroatoms. The summed E-state index contributed by atoms with van der Waals surface area (Å²) in [7, 11) is 0. The van der Waals surface area contributed by atoms with Crippen LogP contribution in [0.15, 0.2) is 236 Å². The van der Waals surface area contributed by atoms with Gasteiger partial charge in [0, 0.05) is 100 Å². The summed E-state index contributed by atoms with van der Waals surface area (Å²) in [5.41, 5.74) is 71.4. The highest BCUT2D eigenvalue weighted by atomic mass is 79.9. The Kier molecular flexibility index (Phi) is 29.0. The predicted octanol–water partition coefficient (Wildman–Crippen LogP) is 13.9. The van der Waals surface area contributed by atoms with Gasteiger partial charge in [-0.3, -0.25) is 23.6 Å². The lowest BCUT2D eigenvalue weighted by Crippen LogP contribution is -2.36. The zero-order valence-corrected chi connectivity index (χ0v) is 75.1. The fourth-order valence-corrected chi connectivity index (χ4v) is 15.5. The number of guanidine groups is 6. The maximum absolute atomic E-state index is 12.2. The van der Waals surface area contributed by atoms with E-state index in [1.54, 1.807) is 126 Å². The number of carbonyl (C=O) groups excluding carboxylic acids is 1. The first-order valence-corrected chi connectivity index (χ1v) is 42.0. The lowest BCUT2D eigenvalue weighted by Gasteiger charge is -2.26. The van der Waals surface area contributed by atoms with Gasteiger partial charge in [0.2, 0.25) is 5.91 Å². The van der Waals surface area contributed by atoms with Gasteiger partial charge in [0.1, 0.15) is 17.4 Å². The number of aliphatic imine (C=N–C) groups is 6. The Morgan fingerprint density at radius 3 is 1.15 bits per heavy atom. The van der Waals surface area contributed by atoms with E-state index in [2.05, 4.69) is 127 Å². The predicted molar refractivity (Wildman–Crippen MR) is 514 cm³/mol. The number of rotatable bonds is 12. The first-order chi connectivity index (χ1) is 61.3. The van der Waals surface area contributed by atoms with Gasteiger partial charge in [0.25, 0.3) is 41.2 Å². The molecule has 0 radical (unpaired) electrons. The van der Waals surface area contributed by atoms with Crippen molar-refractivity contribution in [2.24, 2.45) is 98.8 Å². The third-order valence-electron chi connectivity index (χ3n) is 17.7. The van der Waals surface area contributed by atoms with Gasteiger partial charge in [-0.2, -0.15) is 49.9 Å². The first kappa shape index (κ1) is 91.3. The SMILES string of the molecule is Cc1noc(C)c1-c1nc(N=C(N)N)nc2ccc(Cl)cc12.NC(N)=Nc1nc(-c2cccs2)c2cc(Cl)ccc2n1.NC(N)=Nc1nc(-n2c(Br)ccc2Br)c2cc(Cl)ccc2n1.NC(N)=Nc1nc(-n2cccc2)c2cc(Cl)ccc2n1.NC(N)=Nc1nc(-n2ccccc2=O)c2cc(Cl)ccc2n1.NC(N)=Nc1nc(N2CCCCC2=O)c2cc(Cl)ccc2n1. The van der Waals surface area contributed by atoms with Crippen LogP contribution in [0.2, 0.25) is 30.1 Å². The summed E-state index contributed by atoms with van der Waals surface area (Å²) in [4.78, 5) is 102. The number of pyridine rings is 1. The fraction of sp³-hybridized carbons (Fsp3) is 0.0741. The number of aromatic nitrogens is 16. The summed E-state index contributed by atoms with van der Waals surface area (Å²) in [5, 5.41) is 14.0. The Bertz CT molecular complexity index is 7010. The first-order valence-electron chi connectivity index (χ1n) is 37.3. The highest BCUT2D eigenvalue weighted by Crippen LogP contribution is 2.38. The molecule has 11 aromatic heterocycles. The van der Waals surface area contributed by atoms with Gasteiger partial charge in [0.05, 0.1) is 69.8 Å². The maximum Gasteiger partial charge on any atom is 0.256 e. The van der Waals surface area contributed by atoms with Gasteiger partial charge in [-0.25, -0.2) is 39.9 Å². The molecule has 0 bridgehead atoms. The minimum absolute atomic E-state index is 0.0295. The van der Waals surface area contributed by atoms with Crippen LogP contribution in [0, 0.1) is 13.8 Å². The van der Waals surface area contributed by atoms with E-state index in [0.717, 1.165) is 65.2 Å². The van der Waals surface area contributed by atoms with E-state index >= 15 is 0 Å². The molecule has 17 aromatic rings. The molecule has 0 spiro atoms. The molecule has 0 saturated carbocycles. The number of benzene rings is 6. The van der Waals surface area contributed by atoms with Crippen LogP contribution in [0.25, 0.3) is 105 Å². The van der Waals surface area contributed by atoms with Crippen molar-refractivity contribution < 1.29 is 9.32 Å². The number of anilines is 1. The van der Waals surface area contributed by atoms with Crippen molar-refractivity contribution in [2.45, 2.75) is 33.1 Å². The number of aryl methyl sites for hydroxylation is 2. The lowest BCUT2D eigenvalue weighted by atomic mass is 10.1. The van der Waals surface area contributed by atoms with Crippen LogP contribution < -0.4 is 79.3 Å². The van der Waals surface area contributed by atoms with Gasteiger partial charge in [-0.15, -0.1) is 11.3 Å². The van der Waals surface area contributed by atoms with Crippen molar-refractivity contribution in [3.05, 3.63) is 249 Å². The van der Waals surface area contributed by atoms with Crippen molar-refractivity contribution in [3.63, 3.8) is 0 Å². The van der Waals surface area contributed by atoms with Crippen LogP contribution in [0.3, 0.4) is 0 Å². The third kappa shape index (κ3) is 22.6. The summed E-state index contributed by atoms with van der Waals surface area (Å²) in [6.45, 7) is 4.26. The zero-order valence-electron chi connectivity index (χ0n) is 66.6. The van der Waals surface area contributed by atoms with E-state index in [1.807, 2.05) is 95.4 Å². The van der Waals surface area contributed by atoms with E-state index in [0.29, 0.717) is 122 Å². The Labute approximate surface area is 774 Å². The monoisotopic (exact) mass is 1980 g/mol. The molecule has 6 aromatic carbocycles. The molecule has 1 aliphatic rings. The number of nitrogens with zero attached hydrogens (tertiary/aromatic N) is 23. The van der Waals surface area contributed by atoms with Gasteiger partial charge in [0.15, 0.2) is 47.4 Å². The number of halogens is 8. The van der Waals surface area contributed by atoms with Crippen LogP contribution in [0.1, 0.15) is 30.7 Å². The fourth-order valence-electron chi connectivity index (χ4n) is 12.5. The summed E-state index contributed by atoms with van der Waals surface area (Å²) in [6, 6.07) is 48.1. The Hall–Kier alpha value is -14.4. The molecule has 0 aliphatic carbocycles. The highest BCUT2D eigenvalue weighted by molar-refractivity contribution is 9.11. The van der Waals surface area contributed by atoms with Crippen LogP contribution in [-0.4, -0.2) is 127 Å². The molecule has 648 valence electrons. The second-order valence-corrected chi connectivity index (χ2v) is 32.0. The van der Waals surface area contributed by atoms with E-state index in [9.17, 15) is 9.59 Å². The second kappa shape index (κ2) is 40.7. The summed E-state index contributed by atoms with van der Waals surface area (Å²) >= 11 is 44.9. The van der Waals surface area contributed by atoms with Crippen LogP contribution in [0.5, 0.6) is 0 Å². The molecule has 1 amide bonds. The number of piperidine rings is 1. The summed E-state index contributed by atoms with van der Waals surface area (Å²) in [5.74, 6) is 3.13. The number of amides is 1. The standard InChI is InChI=1S/C14H13ClN6O.C14H15ClN6O.C14H11ClN6O.C13H9Br2ClN6.C13H11ClN6.C13H10ClN5S/c1-6-11(7(2)22-21-6)12-9-5-8(15)3-4-10(9)18-14(19-12)20-13(16)17;2*15-8-4-5-10-9(7-8)12(19-14(18-10)20-13(16)17)21-6-2-1-3-11(21)22;14-9-3-4-10(15)22(9)11-7-5-6(16)1-2-8(7)19-13(20-11)21-12(17)18;14-8-3-4-10-9(7-8)11(20-5-1-2-6-20)18-13(17-10)19-12(15)16;14-7-3-4-9-8(6-7)11(10-2-1-5-20-10)18-13(17-9)19-12(15)16/h3-5H,1-2H3,(H4,16,17,18,19,20);4-5,7H,1-3,6H2,(H4,16,17,18,19,20);1-7H,(H4,16,17,18,19,20);1-5H,(H4,17,18,19,20,21);1-7H,(H4,15,16,17,18,19);1-6H,(H4,15,16,17,18,19). The summed E-state index contributed by atoms with van der Waals surface area (Å²) in [6.07, 6.45) is 7.67. The quantitative estimate of drug-likeness (QED) is 0.0399. The Morgan fingerprint density at radius 2 is 0.750 bits per heavy atom. The van der Waals surface area contributed by atoms with Gasteiger partial charge < -0.3 is 77.9 Å². The molecule has 38 nitrogen and oxygen atoms in total. The molecule has 0 unspecified atom stereocenters. The zero-order chi connectivity index (χ0) is 91.3. The van der Waals surface area contributed by atoms with Crippen LogP contribution in [0.4, 0.5) is 41.5 Å². The molecular formula is C81H69Br2Cl6N35O3S. The van der Waals surface area contributed by atoms with Crippen molar-refractivity contribution >= 4 is 261 Å². The second-order valence-electron chi connectivity index (χ2n) is 26.8. The van der Waals surface area contributed by atoms with Crippen molar-refractivity contribution in [3.8, 4) is 39.3 Å². The van der Waals surface area contributed by atoms with Gasteiger partial charge in [-0.1, -0.05) is 86.9 Å². The minimum Gasteiger partial charge on any atom is -0.370 e. The average molecular weight is 1990 g/mol. The van der Waals surface area contributed by atoms with E-state index in [-0.39, 0.29) is 82.9 Å². The van der Waals surface area contributed by atoms with Crippen LogP contribution >= 0.6 is 113 Å². The maximum atomic E-state index is 12.2. The Morgan fingerprint density at radius 1 is 0.391 bits per heavy atom. The Balaban J connectivity index is 0.000000131. The largest absolute Gasteiger partial charge is 0.370 e. The highest BCUT2D eigenvalue weighted by Gasteiger charge is 2.26. The molecule has 0 atom stereocenters. The van der Waals surface area contributed by atoms with Crippen molar-refractivity contribution in [1.82, 2.24) is 78.7 Å². The van der Waals surface area contributed by atoms with Gasteiger partial charge in [-0.05, 0) is 210 Å². The molecule has 1 fully saturated rings. The number of hydrogen-bond donors (Lipinski definition) is 12. The van der Waals surface area contributed by atoms with Gasteiger partial charge >= 0.3 is 0 Å². The molecule has 1 saturated heterocycles. The topological polar surface area (TPSA) is 619 Å². The lowest BCUT2D eigenvalue weighted by molar-refractivity contribution is -0.119.